The predicted molar refractivity (Wildman–Crippen MR) is 114 cm³/mol. The van der Waals surface area contributed by atoms with Crippen LogP contribution in [0.5, 0.6) is 11.5 Å². The van der Waals surface area contributed by atoms with E-state index in [1.807, 2.05) is 4.90 Å². The van der Waals surface area contributed by atoms with Crippen LogP contribution < -0.4 is 9.47 Å². The minimum absolute atomic E-state index is 0.0157. The number of nitrogens with zero attached hydrogens (tertiary/aromatic N) is 2. The predicted octanol–water partition coefficient (Wildman–Crippen LogP) is 2.72. The molecule has 158 valence electrons. The van der Waals surface area contributed by atoms with Gasteiger partial charge >= 0.3 is 0 Å². The number of benzene rings is 2. The molecule has 1 amide bonds. The van der Waals surface area contributed by atoms with E-state index in [0.29, 0.717) is 24.4 Å². The summed E-state index contributed by atoms with van der Waals surface area (Å²) in [5.41, 5.74) is 3.95. The lowest BCUT2D eigenvalue weighted by molar-refractivity contribution is -0.132. The van der Waals surface area contributed by atoms with Crippen LogP contribution in [-0.2, 0) is 24.2 Å². The van der Waals surface area contributed by atoms with Crippen molar-refractivity contribution in [2.75, 3.05) is 39.9 Å². The lowest BCUT2D eigenvalue weighted by Gasteiger charge is -2.35. The Kier molecular flexibility index (Phi) is 6.04. The molecule has 2 aliphatic heterocycles. The molecule has 0 atom stereocenters. The third-order valence-corrected chi connectivity index (χ3v) is 5.91. The minimum atomic E-state index is -0.0157. The van der Waals surface area contributed by atoms with Gasteiger partial charge in [0.2, 0.25) is 5.91 Å². The van der Waals surface area contributed by atoms with E-state index < -0.39 is 0 Å². The number of hydrogen-bond acceptors (Lipinski definition) is 5. The molecule has 2 heterocycles. The SMILES string of the molecule is COc1ccc(C(C)=O)cc1CC(=O)N1CCN(Cc2ccc3c(c2)CCO3)CC1. The maximum Gasteiger partial charge on any atom is 0.227 e. The van der Waals surface area contributed by atoms with Crippen molar-refractivity contribution in [3.8, 4) is 11.5 Å². The normalized spacial score (nSPS) is 16.1. The van der Waals surface area contributed by atoms with Gasteiger partial charge in [0.05, 0.1) is 20.1 Å². The Morgan fingerprint density at radius 3 is 2.60 bits per heavy atom. The highest BCUT2D eigenvalue weighted by Crippen LogP contribution is 2.26. The van der Waals surface area contributed by atoms with Gasteiger partial charge < -0.3 is 14.4 Å². The monoisotopic (exact) mass is 408 g/mol. The molecule has 6 heteroatoms. The number of methoxy groups -OCH3 is 1. The molecule has 4 rings (SSSR count). The van der Waals surface area contributed by atoms with Crippen molar-refractivity contribution in [2.24, 2.45) is 0 Å². The summed E-state index contributed by atoms with van der Waals surface area (Å²) in [6.07, 6.45) is 1.23. The molecule has 1 fully saturated rings. The number of rotatable bonds is 6. The standard InChI is InChI=1S/C24H28N2O4/c1-17(27)19-4-6-22(29-2)21(14-19)15-24(28)26-10-8-25(9-11-26)16-18-3-5-23-20(13-18)7-12-30-23/h3-6,13-14H,7-12,15-16H2,1-2H3. The molecular formula is C24H28N2O4. The first-order chi connectivity index (χ1) is 14.5. The molecule has 2 aliphatic rings. The maximum absolute atomic E-state index is 12.9. The molecule has 0 saturated carbocycles. The van der Waals surface area contributed by atoms with Crippen LogP contribution in [0.4, 0.5) is 0 Å². The van der Waals surface area contributed by atoms with Gasteiger partial charge in [0, 0.05) is 50.3 Å². The summed E-state index contributed by atoms with van der Waals surface area (Å²) in [7, 11) is 1.58. The molecule has 30 heavy (non-hydrogen) atoms. The van der Waals surface area contributed by atoms with Gasteiger partial charge in [-0.25, -0.2) is 0 Å². The van der Waals surface area contributed by atoms with E-state index in [2.05, 4.69) is 23.1 Å². The highest BCUT2D eigenvalue weighted by Gasteiger charge is 2.23. The fourth-order valence-corrected chi connectivity index (χ4v) is 4.16. The van der Waals surface area contributed by atoms with E-state index in [0.717, 1.165) is 44.0 Å². The summed E-state index contributed by atoms with van der Waals surface area (Å²) in [5, 5.41) is 0. The zero-order valence-electron chi connectivity index (χ0n) is 17.6. The Morgan fingerprint density at radius 2 is 1.87 bits per heavy atom. The van der Waals surface area contributed by atoms with Crippen LogP contribution in [0.2, 0.25) is 0 Å². The number of ether oxygens (including phenoxy) is 2. The zero-order chi connectivity index (χ0) is 21.1. The smallest absolute Gasteiger partial charge is 0.227 e. The second-order valence-electron chi connectivity index (χ2n) is 7.96. The number of Topliss-reactive ketones (excluding diaryl/α,β-unsaturated/α-hetero) is 1. The Morgan fingerprint density at radius 1 is 1.07 bits per heavy atom. The molecule has 2 aromatic rings. The van der Waals surface area contributed by atoms with Gasteiger partial charge in [-0.3, -0.25) is 14.5 Å². The van der Waals surface area contributed by atoms with Gasteiger partial charge in [-0.05, 0) is 42.3 Å². The summed E-state index contributed by atoms with van der Waals surface area (Å²) in [5.74, 6) is 1.72. The van der Waals surface area contributed by atoms with Crippen LogP contribution >= 0.6 is 0 Å². The summed E-state index contributed by atoms with van der Waals surface area (Å²) in [6, 6.07) is 11.7. The number of piperazine rings is 1. The van der Waals surface area contributed by atoms with Crippen LogP contribution in [0.15, 0.2) is 36.4 Å². The van der Waals surface area contributed by atoms with E-state index in [-0.39, 0.29) is 18.1 Å². The summed E-state index contributed by atoms with van der Waals surface area (Å²) in [4.78, 5) is 28.8. The van der Waals surface area contributed by atoms with Gasteiger partial charge in [-0.1, -0.05) is 12.1 Å². The van der Waals surface area contributed by atoms with Gasteiger partial charge in [0.25, 0.3) is 0 Å². The van der Waals surface area contributed by atoms with Crippen LogP contribution in [0, 0.1) is 0 Å². The average Bonchev–Trinajstić information content (AvgIpc) is 3.22. The quantitative estimate of drug-likeness (QED) is 0.688. The maximum atomic E-state index is 12.9. The Bertz CT molecular complexity index is 948. The minimum Gasteiger partial charge on any atom is -0.496 e. The van der Waals surface area contributed by atoms with Crippen LogP contribution in [0.1, 0.15) is 34.0 Å². The van der Waals surface area contributed by atoms with E-state index in [9.17, 15) is 9.59 Å². The number of ketones is 1. The van der Waals surface area contributed by atoms with Crippen LogP contribution in [0.25, 0.3) is 0 Å². The molecule has 0 radical (unpaired) electrons. The topological polar surface area (TPSA) is 59.1 Å². The van der Waals surface area contributed by atoms with Crippen molar-refractivity contribution in [1.29, 1.82) is 0 Å². The molecule has 0 aromatic heterocycles. The second kappa shape index (κ2) is 8.88. The molecule has 0 aliphatic carbocycles. The molecule has 2 aromatic carbocycles. The van der Waals surface area contributed by atoms with E-state index in [4.69, 9.17) is 9.47 Å². The number of carbonyl (C=O) groups excluding carboxylic acids is 2. The van der Waals surface area contributed by atoms with E-state index >= 15 is 0 Å². The zero-order valence-corrected chi connectivity index (χ0v) is 17.6. The number of amides is 1. The lowest BCUT2D eigenvalue weighted by Crippen LogP contribution is -2.48. The summed E-state index contributed by atoms with van der Waals surface area (Å²) in [6.45, 7) is 6.32. The lowest BCUT2D eigenvalue weighted by atomic mass is 10.0. The van der Waals surface area contributed by atoms with E-state index in [1.165, 1.54) is 18.1 Å². The summed E-state index contributed by atoms with van der Waals surface area (Å²) < 4.78 is 11.0. The third-order valence-electron chi connectivity index (χ3n) is 5.91. The molecule has 0 bridgehead atoms. The summed E-state index contributed by atoms with van der Waals surface area (Å²) >= 11 is 0. The largest absolute Gasteiger partial charge is 0.496 e. The number of carbonyl (C=O) groups is 2. The Balaban J connectivity index is 1.33. The Labute approximate surface area is 177 Å². The van der Waals surface area contributed by atoms with Gasteiger partial charge in [0.1, 0.15) is 11.5 Å². The number of hydrogen-bond donors (Lipinski definition) is 0. The second-order valence-corrected chi connectivity index (χ2v) is 7.96. The molecule has 0 spiro atoms. The van der Waals surface area contributed by atoms with Crippen molar-refractivity contribution in [3.63, 3.8) is 0 Å². The molecule has 0 unspecified atom stereocenters. The van der Waals surface area contributed by atoms with Crippen LogP contribution in [-0.4, -0.2) is 61.4 Å². The molecule has 0 N–H and O–H groups in total. The third kappa shape index (κ3) is 4.49. The highest BCUT2D eigenvalue weighted by atomic mass is 16.5. The first-order valence-electron chi connectivity index (χ1n) is 10.5. The Hall–Kier alpha value is -2.86. The molecular weight excluding hydrogens is 380 g/mol. The van der Waals surface area contributed by atoms with Crippen molar-refractivity contribution >= 4 is 11.7 Å². The van der Waals surface area contributed by atoms with Gasteiger partial charge in [0.15, 0.2) is 5.78 Å². The van der Waals surface area contributed by atoms with Crippen molar-refractivity contribution < 1.29 is 19.1 Å². The van der Waals surface area contributed by atoms with E-state index in [1.54, 1.807) is 25.3 Å². The number of fused-ring (bicyclic) bond motifs is 1. The molecule has 1 saturated heterocycles. The van der Waals surface area contributed by atoms with Crippen molar-refractivity contribution in [2.45, 2.75) is 26.3 Å². The van der Waals surface area contributed by atoms with Crippen molar-refractivity contribution in [3.05, 3.63) is 58.7 Å². The van der Waals surface area contributed by atoms with Crippen LogP contribution in [0.3, 0.4) is 0 Å². The van der Waals surface area contributed by atoms with Crippen molar-refractivity contribution in [1.82, 2.24) is 9.80 Å². The van der Waals surface area contributed by atoms with Gasteiger partial charge in [-0.2, -0.15) is 0 Å². The first kappa shape index (κ1) is 20.4. The van der Waals surface area contributed by atoms with Gasteiger partial charge in [-0.15, -0.1) is 0 Å². The highest BCUT2D eigenvalue weighted by molar-refractivity contribution is 5.94. The first-order valence-corrected chi connectivity index (χ1v) is 10.5. The fraction of sp³-hybridized carbons (Fsp3) is 0.417. The molecule has 6 nitrogen and oxygen atoms in total. The fourth-order valence-electron chi connectivity index (χ4n) is 4.16. The average molecular weight is 408 g/mol.